The van der Waals surface area contributed by atoms with Crippen LogP contribution in [0.5, 0.6) is 0 Å². The van der Waals surface area contributed by atoms with Crippen LogP contribution in [-0.4, -0.2) is 58.5 Å². The van der Waals surface area contributed by atoms with E-state index in [-0.39, 0.29) is 18.5 Å². The van der Waals surface area contributed by atoms with Crippen LogP contribution in [0, 0.1) is 6.57 Å². The Hall–Kier alpha value is -2.62. The zero-order valence-corrected chi connectivity index (χ0v) is 11.8. The molecule has 7 nitrogen and oxygen atoms in total. The van der Waals surface area contributed by atoms with Crippen molar-refractivity contribution in [3.8, 4) is 0 Å². The Balaban J connectivity index is 1.77. The molecule has 1 amide bonds. The molecule has 3 rings (SSSR count). The van der Waals surface area contributed by atoms with E-state index in [0.717, 1.165) is 36.4 Å². The number of hydrogen-bond acceptors (Lipinski definition) is 4. The summed E-state index contributed by atoms with van der Waals surface area (Å²) in [6.45, 7) is 8.29. The maximum absolute atomic E-state index is 11.8. The molecule has 1 N–H and O–H groups in total. The van der Waals surface area contributed by atoms with Crippen molar-refractivity contribution < 1.29 is 4.79 Å². The Morgan fingerprint density at radius 3 is 3.29 bits per heavy atom. The van der Waals surface area contributed by atoms with E-state index in [9.17, 15) is 4.79 Å². The summed E-state index contributed by atoms with van der Waals surface area (Å²) in [6, 6.07) is 2.09. The van der Waals surface area contributed by atoms with E-state index >= 15 is 0 Å². The molecule has 1 fully saturated rings. The molecule has 1 saturated heterocycles. The highest BCUT2D eigenvalue weighted by atomic mass is 16.2. The Labute approximate surface area is 122 Å². The SMILES string of the molecule is [C-]#[N+]CC(=O)N(C)[C@H]1CCN(c2ncnc3[nH]ccc23)C1. The lowest BCUT2D eigenvalue weighted by Gasteiger charge is -2.23. The fourth-order valence-corrected chi connectivity index (χ4v) is 2.74. The monoisotopic (exact) mass is 284 g/mol. The zero-order chi connectivity index (χ0) is 14.8. The van der Waals surface area contributed by atoms with Gasteiger partial charge in [-0.05, 0) is 12.5 Å². The minimum Gasteiger partial charge on any atom is -0.354 e. The highest BCUT2D eigenvalue weighted by molar-refractivity contribution is 5.87. The summed E-state index contributed by atoms with van der Waals surface area (Å²) < 4.78 is 0. The van der Waals surface area contributed by atoms with Gasteiger partial charge in [0.1, 0.15) is 17.8 Å². The normalized spacial score (nSPS) is 17.9. The first-order valence-corrected chi connectivity index (χ1v) is 6.82. The Bertz CT molecular complexity index is 703. The first kappa shape index (κ1) is 13.4. The van der Waals surface area contributed by atoms with Crippen LogP contribution in [0.15, 0.2) is 18.6 Å². The van der Waals surface area contributed by atoms with E-state index in [4.69, 9.17) is 6.57 Å². The lowest BCUT2D eigenvalue weighted by Crippen LogP contribution is -2.40. The molecule has 0 aliphatic carbocycles. The fourth-order valence-electron chi connectivity index (χ4n) is 2.74. The number of aromatic nitrogens is 3. The minimum absolute atomic E-state index is 0.0808. The highest BCUT2D eigenvalue weighted by Crippen LogP contribution is 2.26. The summed E-state index contributed by atoms with van der Waals surface area (Å²) in [6.07, 6.45) is 4.29. The van der Waals surface area contributed by atoms with Crippen molar-refractivity contribution in [2.45, 2.75) is 12.5 Å². The van der Waals surface area contributed by atoms with Crippen LogP contribution in [0.4, 0.5) is 5.82 Å². The number of aromatic amines is 1. The maximum atomic E-state index is 11.8. The summed E-state index contributed by atoms with van der Waals surface area (Å²) in [5, 5.41) is 0.994. The van der Waals surface area contributed by atoms with E-state index in [1.807, 2.05) is 12.3 Å². The number of anilines is 1. The van der Waals surface area contributed by atoms with Gasteiger partial charge in [-0.15, -0.1) is 0 Å². The van der Waals surface area contributed by atoms with Gasteiger partial charge in [-0.25, -0.2) is 16.5 Å². The molecule has 0 saturated carbocycles. The second-order valence-electron chi connectivity index (χ2n) is 5.15. The lowest BCUT2D eigenvalue weighted by molar-refractivity contribution is -0.129. The lowest BCUT2D eigenvalue weighted by atomic mass is 10.2. The number of nitrogens with zero attached hydrogens (tertiary/aromatic N) is 5. The van der Waals surface area contributed by atoms with Gasteiger partial charge in [-0.1, -0.05) is 0 Å². The molecule has 108 valence electrons. The molecule has 2 aromatic heterocycles. The van der Waals surface area contributed by atoms with Gasteiger partial charge in [0, 0.05) is 26.3 Å². The van der Waals surface area contributed by atoms with Crippen molar-refractivity contribution >= 4 is 22.8 Å². The molecular formula is C14H16N6O. The van der Waals surface area contributed by atoms with E-state index in [1.54, 1.807) is 18.3 Å². The number of likely N-dealkylation sites (N-methyl/N-ethyl adjacent to an activating group) is 1. The van der Waals surface area contributed by atoms with Crippen molar-refractivity contribution in [3.05, 3.63) is 30.0 Å². The third kappa shape index (κ3) is 2.40. The van der Waals surface area contributed by atoms with Gasteiger partial charge >= 0.3 is 5.91 Å². The molecule has 0 bridgehead atoms. The van der Waals surface area contributed by atoms with Crippen molar-refractivity contribution in [2.24, 2.45) is 0 Å². The smallest absolute Gasteiger partial charge is 0.302 e. The highest BCUT2D eigenvalue weighted by Gasteiger charge is 2.30. The standard InChI is InChI=1S/C14H16N6O/c1-15-7-12(21)19(2)10-4-6-20(8-10)14-11-3-5-16-13(11)17-9-18-14/h3,5,9-10H,4,6-8H2,2H3,(H,16,17,18)/t10-/m0/s1. The third-order valence-corrected chi connectivity index (χ3v) is 3.95. The molecule has 1 aliphatic rings. The quantitative estimate of drug-likeness (QED) is 0.851. The maximum Gasteiger partial charge on any atom is 0.302 e. The minimum atomic E-state index is -0.119. The number of hydrogen-bond donors (Lipinski definition) is 1. The second kappa shape index (κ2) is 5.40. The Morgan fingerprint density at radius 1 is 1.62 bits per heavy atom. The van der Waals surface area contributed by atoms with Crippen molar-refractivity contribution in [1.29, 1.82) is 0 Å². The van der Waals surface area contributed by atoms with Crippen LogP contribution < -0.4 is 4.90 Å². The summed E-state index contributed by atoms with van der Waals surface area (Å²) >= 11 is 0. The average Bonchev–Trinajstić information content (AvgIpc) is 3.15. The van der Waals surface area contributed by atoms with Crippen LogP contribution in [0.25, 0.3) is 15.9 Å². The van der Waals surface area contributed by atoms with Crippen molar-refractivity contribution in [3.63, 3.8) is 0 Å². The fraction of sp³-hybridized carbons (Fsp3) is 0.429. The predicted molar refractivity (Wildman–Crippen MR) is 78.7 cm³/mol. The van der Waals surface area contributed by atoms with Gasteiger partial charge in [0.2, 0.25) is 0 Å². The van der Waals surface area contributed by atoms with Crippen molar-refractivity contribution in [1.82, 2.24) is 19.9 Å². The molecule has 7 heteroatoms. The molecule has 0 spiro atoms. The number of H-pyrrole nitrogens is 1. The topological polar surface area (TPSA) is 69.5 Å². The number of rotatable bonds is 3. The van der Waals surface area contributed by atoms with Crippen LogP contribution in [0.2, 0.25) is 0 Å². The summed E-state index contributed by atoms with van der Waals surface area (Å²) in [4.78, 5) is 30.5. The number of carbonyl (C=O) groups is 1. The van der Waals surface area contributed by atoms with E-state index in [1.165, 1.54) is 0 Å². The van der Waals surface area contributed by atoms with Gasteiger partial charge in [-0.3, -0.25) is 4.79 Å². The first-order valence-electron chi connectivity index (χ1n) is 6.82. The molecule has 1 atom stereocenters. The number of fused-ring (bicyclic) bond motifs is 1. The Morgan fingerprint density at radius 2 is 2.48 bits per heavy atom. The number of amides is 1. The average molecular weight is 284 g/mol. The van der Waals surface area contributed by atoms with E-state index < -0.39 is 0 Å². The summed E-state index contributed by atoms with van der Waals surface area (Å²) in [5.41, 5.74) is 0.820. The molecule has 21 heavy (non-hydrogen) atoms. The molecule has 1 aliphatic heterocycles. The third-order valence-electron chi connectivity index (χ3n) is 3.95. The summed E-state index contributed by atoms with van der Waals surface area (Å²) in [5.74, 6) is 0.779. The van der Waals surface area contributed by atoms with E-state index in [0.29, 0.717) is 0 Å². The Kier molecular flexibility index (Phi) is 3.44. The molecule has 2 aromatic rings. The van der Waals surface area contributed by atoms with Gasteiger partial charge < -0.3 is 19.6 Å². The van der Waals surface area contributed by atoms with Gasteiger partial charge in [0.25, 0.3) is 6.54 Å². The molecule has 0 unspecified atom stereocenters. The molecule has 0 radical (unpaired) electrons. The largest absolute Gasteiger partial charge is 0.354 e. The number of nitrogens with one attached hydrogen (secondary N) is 1. The van der Waals surface area contributed by atoms with Crippen LogP contribution in [0.3, 0.4) is 0 Å². The van der Waals surface area contributed by atoms with Crippen molar-refractivity contribution in [2.75, 3.05) is 31.6 Å². The van der Waals surface area contributed by atoms with Gasteiger partial charge in [0.05, 0.1) is 11.4 Å². The predicted octanol–water partition coefficient (Wildman–Crippen LogP) is 0.914. The van der Waals surface area contributed by atoms with Crippen LogP contribution in [-0.2, 0) is 4.79 Å². The van der Waals surface area contributed by atoms with Gasteiger partial charge in [0.15, 0.2) is 0 Å². The summed E-state index contributed by atoms with van der Waals surface area (Å²) in [7, 11) is 1.77. The van der Waals surface area contributed by atoms with E-state index in [2.05, 4.69) is 24.7 Å². The zero-order valence-electron chi connectivity index (χ0n) is 11.8. The van der Waals surface area contributed by atoms with Crippen LogP contribution in [0.1, 0.15) is 6.42 Å². The van der Waals surface area contributed by atoms with Gasteiger partial charge in [-0.2, -0.15) is 0 Å². The first-order chi connectivity index (χ1) is 10.2. The molecular weight excluding hydrogens is 268 g/mol. The number of carbonyl (C=O) groups excluding carboxylic acids is 1. The molecule has 3 heterocycles. The molecule has 0 aromatic carbocycles. The second-order valence-corrected chi connectivity index (χ2v) is 5.15. The van der Waals surface area contributed by atoms with Crippen LogP contribution >= 0.6 is 0 Å².